The molecule has 0 radical (unpaired) electrons. The molecule has 2 atom stereocenters. The molecular formula is C22H20ClF4N7O2. The summed E-state index contributed by atoms with van der Waals surface area (Å²) in [7, 11) is 0. The van der Waals surface area contributed by atoms with Gasteiger partial charge < -0.3 is 10.8 Å². The second kappa shape index (κ2) is 9.84. The summed E-state index contributed by atoms with van der Waals surface area (Å²) in [6.45, 7) is 0.245. The molecule has 2 heterocycles. The lowest BCUT2D eigenvalue weighted by Crippen LogP contribution is -2.37. The zero-order valence-electron chi connectivity index (χ0n) is 18.7. The standard InChI is InChI=1S/C22H20ClF4N7O2/c1-12(28)19-29-18(30-34(19)16-4-2-3-15(24)9-16)11-33-21(36)32(10-17(35)22(25,26)27)20(31-33)13-5-7-14(23)8-6-13/h2-9,12,17,35H,10-11,28H2,1H3/t12?,17-/m0/s1. The molecule has 1 unspecified atom stereocenters. The fraction of sp³-hybridized carbons (Fsp3) is 0.273. The Hall–Kier alpha value is -3.55. The summed E-state index contributed by atoms with van der Waals surface area (Å²) >= 11 is 5.89. The zero-order chi connectivity index (χ0) is 26.2. The van der Waals surface area contributed by atoms with E-state index in [9.17, 15) is 27.5 Å². The van der Waals surface area contributed by atoms with Gasteiger partial charge in [-0.1, -0.05) is 17.7 Å². The molecule has 0 bridgehead atoms. The average Bonchev–Trinajstić information content (AvgIpc) is 3.36. The van der Waals surface area contributed by atoms with Crippen molar-refractivity contribution in [3.05, 3.63) is 81.5 Å². The Balaban J connectivity index is 1.77. The van der Waals surface area contributed by atoms with Crippen LogP contribution >= 0.6 is 11.6 Å². The summed E-state index contributed by atoms with van der Waals surface area (Å²) in [5.41, 5.74) is 5.71. The van der Waals surface area contributed by atoms with Gasteiger partial charge in [0.25, 0.3) is 0 Å². The fourth-order valence-electron chi connectivity index (χ4n) is 3.46. The zero-order valence-corrected chi connectivity index (χ0v) is 19.4. The Kier molecular flexibility index (Phi) is 6.98. The highest BCUT2D eigenvalue weighted by Crippen LogP contribution is 2.24. The molecule has 4 aromatic rings. The Morgan fingerprint density at radius 1 is 1.14 bits per heavy atom. The van der Waals surface area contributed by atoms with Gasteiger partial charge in [-0.05, 0) is 49.4 Å². The minimum absolute atomic E-state index is 0.0670. The van der Waals surface area contributed by atoms with Crippen LogP contribution in [0, 0.1) is 5.82 Å². The normalized spacial score (nSPS) is 13.7. The third-order valence-corrected chi connectivity index (χ3v) is 5.44. The number of hydrogen-bond donors (Lipinski definition) is 2. The monoisotopic (exact) mass is 525 g/mol. The molecule has 14 heteroatoms. The van der Waals surface area contributed by atoms with Crippen LogP contribution in [-0.4, -0.2) is 46.5 Å². The molecule has 0 amide bonds. The molecule has 190 valence electrons. The van der Waals surface area contributed by atoms with E-state index in [1.165, 1.54) is 47.1 Å². The topological polar surface area (TPSA) is 117 Å². The van der Waals surface area contributed by atoms with Crippen molar-refractivity contribution in [1.82, 2.24) is 29.1 Å². The van der Waals surface area contributed by atoms with Crippen LogP contribution in [0.2, 0.25) is 5.02 Å². The van der Waals surface area contributed by atoms with Gasteiger partial charge in [-0.25, -0.2) is 23.5 Å². The van der Waals surface area contributed by atoms with E-state index in [2.05, 4.69) is 15.2 Å². The van der Waals surface area contributed by atoms with Crippen LogP contribution in [0.3, 0.4) is 0 Å². The van der Waals surface area contributed by atoms with Gasteiger partial charge in [-0.2, -0.15) is 13.2 Å². The quantitative estimate of drug-likeness (QED) is 0.358. The first kappa shape index (κ1) is 25.5. The molecule has 0 aliphatic heterocycles. The lowest BCUT2D eigenvalue weighted by molar-refractivity contribution is -0.207. The highest BCUT2D eigenvalue weighted by Gasteiger charge is 2.39. The molecule has 4 rings (SSSR count). The van der Waals surface area contributed by atoms with Crippen LogP contribution in [0.5, 0.6) is 0 Å². The van der Waals surface area contributed by atoms with Crippen molar-refractivity contribution in [2.24, 2.45) is 5.73 Å². The summed E-state index contributed by atoms with van der Waals surface area (Å²) in [4.78, 5) is 17.4. The maximum atomic E-state index is 13.8. The molecule has 2 aromatic heterocycles. The molecule has 2 aromatic carbocycles. The molecule has 3 N–H and O–H groups in total. The summed E-state index contributed by atoms with van der Waals surface area (Å²) in [6.07, 6.45) is -7.75. The van der Waals surface area contributed by atoms with Gasteiger partial charge in [0.1, 0.15) is 18.2 Å². The number of aliphatic hydroxyl groups is 1. The second-order valence-electron chi connectivity index (χ2n) is 8.01. The number of nitrogens with zero attached hydrogens (tertiary/aromatic N) is 6. The van der Waals surface area contributed by atoms with E-state index in [1.54, 1.807) is 13.0 Å². The minimum atomic E-state index is -4.95. The number of nitrogens with two attached hydrogens (primary N) is 1. The molecule has 0 aliphatic rings. The highest BCUT2D eigenvalue weighted by atomic mass is 35.5. The van der Waals surface area contributed by atoms with Crippen LogP contribution < -0.4 is 11.4 Å². The number of aliphatic hydroxyl groups excluding tert-OH is 1. The second-order valence-corrected chi connectivity index (χ2v) is 8.44. The first-order valence-electron chi connectivity index (χ1n) is 10.6. The van der Waals surface area contributed by atoms with E-state index in [0.29, 0.717) is 16.3 Å². The molecule has 0 spiro atoms. The number of hydrogen-bond acceptors (Lipinski definition) is 6. The van der Waals surface area contributed by atoms with Crippen molar-refractivity contribution in [2.45, 2.75) is 38.3 Å². The first-order chi connectivity index (χ1) is 16.9. The lowest BCUT2D eigenvalue weighted by Gasteiger charge is -2.15. The number of halogens is 5. The van der Waals surface area contributed by atoms with Crippen molar-refractivity contribution >= 4 is 11.6 Å². The van der Waals surface area contributed by atoms with Crippen LogP contribution in [0.1, 0.15) is 24.6 Å². The molecule has 0 fully saturated rings. The Bertz CT molecular complexity index is 1430. The Labute approximate surface area is 206 Å². The van der Waals surface area contributed by atoms with Crippen molar-refractivity contribution < 1.29 is 22.7 Å². The van der Waals surface area contributed by atoms with Crippen LogP contribution in [0.4, 0.5) is 17.6 Å². The van der Waals surface area contributed by atoms with Gasteiger partial charge in [-0.3, -0.25) is 4.57 Å². The highest BCUT2D eigenvalue weighted by molar-refractivity contribution is 6.30. The summed E-state index contributed by atoms with van der Waals surface area (Å²) < 4.78 is 55.8. The van der Waals surface area contributed by atoms with E-state index in [1.807, 2.05) is 0 Å². The Morgan fingerprint density at radius 3 is 2.44 bits per heavy atom. The maximum Gasteiger partial charge on any atom is 0.416 e. The number of benzene rings is 2. The van der Waals surface area contributed by atoms with Crippen LogP contribution in [0.15, 0.2) is 53.3 Å². The van der Waals surface area contributed by atoms with Crippen molar-refractivity contribution in [2.75, 3.05) is 0 Å². The smallest absolute Gasteiger partial charge is 0.382 e. The number of aromatic nitrogens is 6. The number of alkyl halides is 3. The van der Waals surface area contributed by atoms with Gasteiger partial charge in [0, 0.05) is 10.6 Å². The van der Waals surface area contributed by atoms with E-state index in [4.69, 9.17) is 17.3 Å². The van der Waals surface area contributed by atoms with E-state index in [0.717, 1.165) is 9.25 Å². The third kappa shape index (κ3) is 5.32. The minimum Gasteiger partial charge on any atom is -0.382 e. The van der Waals surface area contributed by atoms with Gasteiger partial charge in [0.2, 0.25) is 0 Å². The van der Waals surface area contributed by atoms with E-state index < -0.39 is 36.4 Å². The lowest BCUT2D eigenvalue weighted by atomic mass is 10.2. The first-order valence-corrected chi connectivity index (χ1v) is 11.0. The van der Waals surface area contributed by atoms with Crippen molar-refractivity contribution in [3.63, 3.8) is 0 Å². The van der Waals surface area contributed by atoms with Gasteiger partial charge >= 0.3 is 11.9 Å². The summed E-state index contributed by atoms with van der Waals surface area (Å²) in [5.74, 6) is -0.284. The third-order valence-electron chi connectivity index (χ3n) is 5.19. The molecule has 0 aliphatic carbocycles. The molecule has 9 nitrogen and oxygen atoms in total. The molecular weight excluding hydrogens is 506 g/mol. The maximum absolute atomic E-state index is 13.8. The Morgan fingerprint density at radius 2 is 1.83 bits per heavy atom. The van der Waals surface area contributed by atoms with Crippen LogP contribution in [-0.2, 0) is 13.1 Å². The predicted molar refractivity (Wildman–Crippen MR) is 122 cm³/mol. The summed E-state index contributed by atoms with van der Waals surface area (Å²) in [5, 5.41) is 18.5. The van der Waals surface area contributed by atoms with E-state index >= 15 is 0 Å². The average molecular weight is 526 g/mol. The molecule has 36 heavy (non-hydrogen) atoms. The van der Waals surface area contributed by atoms with Gasteiger partial charge in [0.05, 0.1) is 18.3 Å². The largest absolute Gasteiger partial charge is 0.416 e. The van der Waals surface area contributed by atoms with E-state index in [-0.39, 0.29) is 24.0 Å². The van der Waals surface area contributed by atoms with Crippen LogP contribution in [0.25, 0.3) is 17.1 Å². The summed E-state index contributed by atoms with van der Waals surface area (Å²) in [6, 6.07) is 10.9. The predicted octanol–water partition coefficient (Wildman–Crippen LogP) is 3.08. The molecule has 0 saturated heterocycles. The van der Waals surface area contributed by atoms with Gasteiger partial charge in [-0.15, -0.1) is 10.2 Å². The van der Waals surface area contributed by atoms with Gasteiger partial charge in [0.15, 0.2) is 17.8 Å². The van der Waals surface area contributed by atoms with Crippen molar-refractivity contribution in [1.29, 1.82) is 0 Å². The van der Waals surface area contributed by atoms with Crippen molar-refractivity contribution in [3.8, 4) is 17.1 Å². The fourth-order valence-corrected chi connectivity index (χ4v) is 3.59. The SMILES string of the molecule is CC(N)c1nc(Cn2nc(-c3ccc(Cl)cc3)n(C[C@H](O)C(F)(F)F)c2=O)nn1-c1cccc(F)c1. The molecule has 0 saturated carbocycles. The number of rotatable bonds is 7.